The maximum absolute atomic E-state index is 11.9. The zero-order valence-corrected chi connectivity index (χ0v) is 11.0. The van der Waals surface area contributed by atoms with Crippen LogP contribution in [-0.4, -0.2) is 19.9 Å². The molecule has 0 bridgehead atoms. The van der Waals surface area contributed by atoms with E-state index in [0.717, 1.165) is 17.6 Å². The van der Waals surface area contributed by atoms with Gasteiger partial charge in [0.25, 0.3) is 5.56 Å². The van der Waals surface area contributed by atoms with Gasteiger partial charge in [-0.05, 0) is 5.92 Å². The highest BCUT2D eigenvalue weighted by molar-refractivity contribution is 5.73. The second-order valence-corrected chi connectivity index (χ2v) is 4.64. The third-order valence-electron chi connectivity index (χ3n) is 3.67. The molecular weight excluding hydrogens is 230 g/mol. The zero-order chi connectivity index (χ0) is 13.3. The number of aromatic nitrogens is 4. The summed E-state index contributed by atoms with van der Waals surface area (Å²) in [6.45, 7) is 6.38. The Morgan fingerprint density at radius 3 is 2.72 bits per heavy atom. The molecule has 2 aromatic rings. The van der Waals surface area contributed by atoms with Crippen molar-refractivity contribution >= 4 is 11.0 Å². The average molecular weight is 249 g/mol. The minimum atomic E-state index is -0.176. The summed E-state index contributed by atoms with van der Waals surface area (Å²) in [5.41, 5.74) is 0.260. The lowest BCUT2D eigenvalue weighted by Crippen LogP contribution is -2.19. The molecule has 18 heavy (non-hydrogen) atoms. The van der Waals surface area contributed by atoms with E-state index in [1.807, 2.05) is 0 Å². The Kier molecular flexibility index (Phi) is 3.36. The molecule has 98 valence electrons. The molecule has 0 aliphatic heterocycles. The fourth-order valence-electron chi connectivity index (χ4n) is 2.39. The van der Waals surface area contributed by atoms with Gasteiger partial charge in [-0.2, -0.15) is 9.89 Å². The summed E-state index contributed by atoms with van der Waals surface area (Å²) in [4.78, 5) is 20.3. The lowest BCUT2D eigenvalue weighted by atomic mass is 9.89. The third kappa shape index (κ3) is 1.98. The lowest BCUT2D eigenvalue weighted by Gasteiger charge is -2.20. The van der Waals surface area contributed by atoms with Crippen LogP contribution in [0.2, 0.25) is 0 Å². The van der Waals surface area contributed by atoms with E-state index in [-0.39, 0.29) is 11.5 Å². The number of nitrogens with two attached hydrogens (primary N) is 1. The first-order valence-electron chi connectivity index (χ1n) is 6.31. The minimum absolute atomic E-state index is 0.176. The molecular formula is C12H19N5O. The summed E-state index contributed by atoms with van der Waals surface area (Å²) in [5, 5.41) is 4.28. The van der Waals surface area contributed by atoms with Gasteiger partial charge in [0.05, 0.1) is 6.20 Å². The van der Waals surface area contributed by atoms with Crippen molar-refractivity contribution in [3.8, 4) is 0 Å². The minimum Gasteiger partial charge on any atom is -0.321 e. The Labute approximate surface area is 105 Å². The number of nitrogens with one attached hydrogen (secondary N) is 1. The smallest absolute Gasteiger partial charge is 0.262 e. The summed E-state index contributed by atoms with van der Waals surface area (Å²) in [5.74, 6) is 7.03. The van der Waals surface area contributed by atoms with Crippen LogP contribution in [0.15, 0.2) is 11.0 Å². The SMILES string of the molecule is CCC(CC)C(C)c1nc2c(cnn2N)c(=O)[nH]1. The predicted octanol–water partition coefficient (Wildman–Crippen LogP) is 1.37. The van der Waals surface area contributed by atoms with E-state index in [0.29, 0.717) is 22.8 Å². The molecule has 0 amide bonds. The van der Waals surface area contributed by atoms with Gasteiger partial charge in [0.1, 0.15) is 11.2 Å². The van der Waals surface area contributed by atoms with Crippen LogP contribution in [0.1, 0.15) is 45.4 Å². The van der Waals surface area contributed by atoms with E-state index in [2.05, 4.69) is 35.8 Å². The van der Waals surface area contributed by atoms with Crippen LogP contribution in [0.4, 0.5) is 0 Å². The quantitative estimate of drug-likeness (QED) is 0.801. The van der Waals surface area contributed by atoms with E-state index in [9.17, 15) is 4.79 Å². The summed E-state index contributed by atoms with van der Waals surface area (Å²) in [6.07, 6.45) is 3.55. The highest BCUT2D eigenvalue weighted by Gasteiger charge is 2.19. The number of H-pyrrole nitrogens is 1. The van der Waals surface area contributed by atoms with Crippen molar-refractivity contribution in [2.45, 2.75) is 39.5 Å². The molecule has 0 spiro atoms. The number of hydrogen-bond donors (Lipinski definition) is 2. The third-order valence-corrected chi connectivity index (χ3v) is 3.67. The maximum Gasteiger partial charge on any atom is 0.262 e. The van der Waals surface area contributed by atoms with E-state index in [1.165, 1.54) is 6.20 Å². The molecule has 0 aliphatic rings. The molecule has 1 unspecified atom stereocenters. The first-order valence-corrected chi connectivity index (χ1v) is 6.31. The van der Waals surface area contributed by atoms with Gasteiger partial charge in [-0.3, -0.25) is 4.79 Å². The van der Waals surface area contributed by atoms with E-state index in [1.54, 1.807) is 0 Å². The van der Waals surface area contributed by atoms with E-state index < -0.39 is 0 Å². The van der Waals surface area contributed by atoms with Gasteiger partial charge in [0.2, 0.25) is 0 Å². The largest absolute Gasteiger partial charge is 0.321 e. The topological polar surface area (TPSA) is 89.6 Å². The van der Waals surface area contributed by atoms with Crippen molar-refractivity contribution in [3.05, 3.63) is 22.4 Å². The normalized spacial score (nSPS) is 13.3. The van der Waals surface area contributed by atoms with Crippen molar-refractivity contribution in [2.24, 2.45) is 5.92 Å². The summed E-state index contributed by atoms with van der Waals surface area (Å²) in [7, 11) is 0. The molecule has 0 aliphatic carbocycles. The van der Waals surface area contributed by atoms with E-state index >= 15 is 0 Å². The second-order valence-electron chi connectivity index (χ2n) is 4.64. The number of aromatic amines is 1. The molecule has 0 radical (unpaired) electrons. The molecule has 3 N–H and O–H groups in total. The second kappa shape index (κ2) is 4.80. The maximum atomic E-state index is 11.9. The highest BCUT2D eigenvalue weighted by Crippen LogP contribution is 2.26. The van der Waals surface area contributed by atoms with Gasteiger partial charge in [0, 0.05) is 5.92 Å². The van der Waals surface area contributed by atoms with Gasteiger partial charge < -0.3 is 10.8 Å². The molecule has 0 saturated carbocycles. The van der Waals surface area contributed by atoms with Gasteiger partial charge in [-0.15, -0.1) is 0 Å². The molecule has 0 aromatic carbocycles. The monoisotopic (exact) mass is 249 g/mol. The fraction of sp³-hybridized carbons (Fsp3) is 0.583. The summed E-state index contributed by atoms with van der Waals surface area (Å²) < 4.78 is 0. The van der Waals surface area contributed by atoms with Crippen LogP contribution in [0.25, 0.3) is 11.0 Å². The number of hydrogen-bond acceptors (Lipinski definition) is 4. The summed E-state index contributed by atoms with van der Waals surface area (Å²) in [6, 6.07) is 0. The van der Waals surface area contributed by atoms with Crippen molar-refractivity contribution < 1.29 is 0 Å². The fourth-order valence-corrected chi connectivity index (χ4v) is 2.39. The molecule has 6 nitrogen and oxygen atoms in total. The van der Waals surface area contributed by atoms with Crippen LogP contribution < -0.4 is 11.4 Å². The Morgan fingerprint density at radius 2 is 2.11 bits per heavy atom. The lowest BCUT2D eigenvalue weighted by molar-refractivity contribution is 0.405. The predicted molar refractivity (Wildman–Crippen MR) is 70.8 cm³/mol. The Balaban J connectivity index is 2.51. The number of nitrogens with zero attached hydrogens (tertiary/aromatic N) is 3. The van der Waals surface area contributed by atoms with Crippen LogP contribution in [-0.2, 0) is 0 Å². The van der Waals surface area contributed by atoms with Gasteiger partial charge in [-0.25, -0.2) is 4.98 Å². The van der Waals surface area contributed by atoms with Crippen molar-refractivity contribution in [1.82, 2.24) is 19.9 Å². The van der Waals surface area contributed by atoms with E-state index in [4.69, 9.17) is 5.84 Å². The summed E-state index contributed by atoms with van der Waals surface area (Å²) >= 11 is 0. The van der Waals surface area contributed by atoms with Crippen LogP contribution in [0.3, 0.4) is 0 Å². The van der Waals surface area contributed by atoms with Crippen LogP contribution >= 0.6 is 0 Å². The van der Waals surface area contributed by atoms with Crippen molar-refractivity contribution in [3.63, 3.8) is 0 Å². The molecule has 2 rings (SSSR count). The van der Waals surface area contributed by atoms with Crippen LogP contribution in [0, 0.1) is 5.92 Å². The molecule has 1 atom stereocenters. The molecule has 6 heteroatoms. The Morgan fingerprint density at radius 1 is 1.44 bits per heavy atom. The average Bonchev–Trinajstić information content (AvgIpc) is 2.73. The standard InChI is InChI=1S/C12H19N5O/c1-4-8(5-2)7(3)10-15-11-9(12(18)16-10)6-14-17(11)13/h6-8H,4-5,13H2,1-3H3,(H,15,16,18). The first kappa shape index (κ1) is 12.6. The highest BCUT2D eigenvalue weighted by atomic mass is 16.1. The van der Waals surface area contributed by atoms with Gasteiger partial charge >= 0.3 is 0 Å². The molecule has 2 heterocycles. The van der Waals surface area contributed by atoms with Crippen LogP contribution in [0.5, 0.6) is 0 Å². The van der Waals surface area contributed by atoms with Gasteiger partial charge in [-0.1, -0.05) is 33.6 Å². The number of fused-ring (bicyclic) bond motifs is 1. The first-order chi connectivity index (χ1) is 8.58. The van der Waals surface area contributed by atoms with Crippen molar-refractivity contribution in [2.75, 3.05) is 5.84 Å². The molecule has 2 aromatic heterocycles. The van der Waals surface area contributed by atoms with Gasteiger partial charge in [0.15, 0.2) is 5.65 Å². The number of nitrogen functional groups attached to an aromatic ring is 1. The Bertz CT molecular complexity index is 596. The molecule has 0 saturated heterocycles. The van der Waals surface area contributed by atoms with Crippen molar-refractivity contribution in [1.29, 1.82) is 0 Å². The zero-order valence-electron chi connectivity index (χ0n) is 11.0. The molecule has 0 fully saturated rings. The Hall–Kier alpha value is -1.85. The number of rotatable bonds is 4.